The van der Waals surface area contributed by atoms with Crippen LogP contribution in [0.25, 0.3) is 0 Å². The summed E-state index contributed by atoms with van der Waals surface area (Å²) in [6.07, 6.45) is 12.7. The standard InChI is InChI=1S/C27H46O2/c1-17(2)7-6-8-18(3)21-9-10-22-25-23(12-14-27(21,22)5)26(4)13-11-20(28)15-19(26)16-24(25)29/h17-19,21-25,29H,6-16H2,1-5H3/t18-,19-,21-,22+,23+,24?,25+,26+,27-/m1/s1. The molecule has 2 heteroatoms. The highest BCUT2D eigenvalue weighted by atomic mass is 16.3. The monoisotopic (exact) mass is 402 g/mol. The van der Waals surface area contributed by atoms with Crippen molar-refractivity contribution in [2.75, 3.05) is 0 Å². The van der Waals surface area contributed by atoms with Crippen molar-refractivity contribution in [2.24, 2.45) is 52.3 Å². The van der Waals surface area contributed by atoms with Gasteiger partial charge in [0.05, 0.1) is 6.10 Å². The van der Waals surface area contributed by atoms with Gasteiger partial charge in [-0.2, -0.15) is 0 Å². The van der Waals surface area contributed by atoms with Crippen LogP contribution in [0.5, 0.6) is 0 Å². The van der Waals surface area contributed by atoms with Gasteiger partial charge in [-0.15, -0.1) is 0 Å². The molecule has 0 bridgehead atoms. The maximum atomic E-state index is 12.1. The van der Waals surface area contributed by atoms with E-state index in [1.54, 1.807) is 0 Å². The summed E-state index contributed by atoms with van der Waals surface area (Å²) in [4.78, 5) is 12.1. The van der Waals surface area contributed by atoms with Crippen molar-refractivity contribution in [2.45, 2.75) is 111 Å². The minimum Gasteiger partial charge on any atom is -0.393 e. The molecule has 0 aromatic rings. The Kier molecular flexibility index (Phi) is 5.99. The van der Waals surface area contributed by atoms with Crippen LogP contribution in [0.2, 0.25) is 0 Å². The molecule has 0 aromatic heterocycles. The van der Waals surface area contributed by atoms with E-state index in [0.29, 0.717) is 40.3 Å². The van der Waals surface area contributed by atoms with E-state index in [-0.39, 0.29) is 6.10 Å². The number of aliphatic hydroxyl groups is 1. The zero-order chi connectivity index (χ0) is 21.0. The molecular weight excluding hydrogens is 356 g/mol. The zero-order valence-corrected chi connectivity index (χ0v) is 19.8. The third kappa shape index (κ3) is 3.64. The Morgan fingerprint density at radius 1 is 1.00 bits per heavy atom. The van der Waals surface area contributed by atoms with E-state index in [9.17, 15) is 9.90 Å². The number of Topliss-reactive ketones (excluding diaryl/α,β-unsaturated/α-hetero) is 1. The van der Waals surface area contributed by atoms with Crippen molar-refractivity contribution < 1.29 is 9.90 Å². The Morgan fingerprint density at radius 3 is 2.45 bits per heavy atom. The topological polar surface area (TPSA) is 37.3 Å². The average molecular weight is 403 g/mol. The first-order chi connectivity index (χ1) is 13.7. The van der Waals surface area contributed by atoms with Gasteiger partial charge in [0.1, 0.15) is 5.78 Å². The van der Waals surface area contributed by atoms with Crippen molar-refractivity contribution in [1.82, 2.24) is 0 Å². The van der Waals surface area contributed by atoms with Crippen LogP contribution in [0.4, 0.5) is 0 Å². The minimum absolute atomic E-state index is 0.177. The molecule has 0 radical (unpaired) electrons. The summed E-state index contributed by atoms with van der Waals surface area (Å²) >= 11 is 0. The fraction of sp³-hybridized carbons (Fsp3) is 0.963. The normalized spacial score (nSPS) is 48.2. The van der Waals surface area contributed by atoms with E-state index < -0.39 is 0 Å². The van der Waals surface area contributed by atoms with Gasteiger partial charge in [0, 0.05) is 12.8 Å². The SMILES string of the molecule is CC(C)CCC[C@@H](C)[C@H]1CC[C@H]2[C@@H]3C(O)C[C@H]4CC(=O)CC[C@]4(C)[C@H]3CC[C@]12C. The third-order valence-electron chi connectivity index (χ3n) is 10.7. The van der Waals surface area contributed by atoms with Crippen LogP contribution in [0.15, 0.2) is 0 Å². The summed E-state index contributed by atoms with van der Waals surface area (Å²) in [6.45, 7) is 12.3. The van der Waals surface area contributed by atoms with Crippen LogP contribution >= 0.6 is 0 Å². The second kappa shape index (κ2) is 7.95. The molecule has 9 atom stereocenters. The largest absolute Gasteiger partial charge is 0.393 e. The van der Waals surface area contributed by atoms with Crippen LogP contribution in [0, 0.1) is 52.3 Å². The van der Waals surface area contributed by atoms with Crippen LogP contribution in [-0.4, -0.2) is 17.0 Å². The first kappa shape index (κ1) is 21.8. The van der Waals surface area contributed by atoms with Gasteiger partial charge in [-0.3, -0.25) is 4.79 Å². The van der Waals surface area contributed by atoms with Gasteiger partial charge in [-0.1, -0.05) is 53.9 Å². The number of carbonyl (C=O) groups is 1. The molecule has 0 aliphatic heterocycles. The lowest BCUT2D eigenvalue weighted by atomic mass is 9.44. The number of hydrogen-bond donors (Lipinski definition) is 1. The Hall–Kier alpha value is -0.370. The van der Waals surface area contributed by atoms with Crippen molar-refractivity contribution in [3.63, 3.8) is 0 Å². The van der Waals surface area contributed by atoms with Gasteiger partial charge in [-0.05, 0) is 90.8 Å². The molecule has 0 saturated heterocycles. The number of ketones is 1. The number of aliphatic hydroxyl groups excluding tert-OH is 1. The first-order valence-corrected chi connectivity index (χ1v) is 12.9. The molecule has 166 valence electrons. The maximum absolute atomic E-state index is 12.1. The highest BCUT2D eigenvalue weighted by molar-refractivity contribution is 5.79. The number of carbonyl (C=O) groups excluding carboxylic acids is 1. The Bertz CT molecular complexity index is 612. The van der Waals surface area contributed by atoms with Gasteiger partial charge in [-0.25, -0.2) is 0 Å². The van der Waals surface area contributed by atoms with Crippen LogP contribution in [0.3, 0.4) is 0 Å². The fourth-order valence-electron chi connectivity index (χ4n) is 9.04. The molecule has 29 heavy (non-hydrogen) atoms. The molecule has 0 amide bonds. The summed E-state index contributed by atoms with van der Waals surface area (Å²) in [7, 11) is 0. The van der Waals surface area contributed by atoms with E-state index in [0.717, 1.165) is 43.4 Å². The first-order valence-electron chi connectivity index (χ1n) is 12.9. The lowest BCUT2D eigenvalue weighted by Gasteiger charge is -2.62. The molecule has 1 N–H and O–H groups in total. The molecule has 4 fully saturated rings. The zero-order valence-electron chi connectivity index (χ0n) is 19.8. The summed E-state index contributed by atoms with van der Waals surface area (Å²) in [6, 6.07) is 0. The molecule has 0 aromatic carbocycles. The van der Waals surface area contributed by atoms with Crippen molar-refractivity contribution in [3.05, 3.63) is 0 Å². The Morgan fingerprint density at radius 2 is 1.72 bits per heavy atom. The molecule has 4 rings (SSSR count). The third-order valence-corrected chi connectivity index (χ3v) is 10.7. The van der Waals surface area contributed by atoms with Crippen LogP contribution in [0.1, 0.15) is 105 Å². The molecule has 1 unspecified atom stereocenters. The highest BCUT2D eigenvalue weighted by Crippen LogP contribution is 2.68. The summed E-state index contributed by atoms with van der Waals surface area (Å²) in [5.74, 6) is 5.16. The second-order valence-electron chi connectivity index (χ2n) is 12.6. The average Bonchev–Trinajstić information content (AvgIpc) is 3.00. The lowest BCUT2D eigenvalue weighted by molar-refractivity contribution is -0.168. The van der Waals surface area contributed by atoms with E-state index in [1.807, 2.05) is 0 Å². The molecular formula is C27H46O2. The maximum Gasteiger partial charge on any atom is 0.133 e. The Labute approximate surface area is 179 Å². The van der Waals surface area contributed by atoms with Crippen molar-refractivity contribution in [3.8, 4) is 0 Å². The van der Waals surface area contributed by atoms with Gasteiger partial charge >= 0.3 is 0 Å². The minimum atomic E-state index is -0.177. The number of fused-ring (bicyclic) bond motifs is 5. The van der Waals surface area contributed by atoms with Gasteiger partial charge in [0.15, 0.2) is 0 Å². The lowest BCUT2D eigenvalue weighted by Crippen LogP contribution is -2.58. The molecule has 0 heterocycles. The molecule has 4 aliphatic rings. The molecule has 4 aliphatic carbocycles. The molecule has 0 spiro atoms. The number of rotatable bonds is 5. The van der Waals surface area contributed by atoms with E-state index in [1.165, 1.54) is 44.9 Å². The van der Waals surface area contributed by atoms with E-state index >= 15 is 0 Å². The Balaban J connectivity index is 1.51. The van der Waals surface area contributed by atoms with Gasteiger partial charge in [0.25, 0.3) is 0 Å². The molecule has 2 nitrogen and oxygen atoms in total. The quantitative estimate of drug-likeness (QED) is 0.559. The highest BCUT2D eigenvalue weighted by Gasteiger charge is 2.62. The van der Waals surface area contributed by atoms with Crippen molar-refractivity contribution >= 4 is 5.78 Å². The summed E-state index contributed by atoms with van der Waals surface area (Å²) in [5.41, 5.74) is 0.715. The smallest absolute Gasteiger partial charge is 0.133 e. The van der Waals surface area contributed by atoms with Crippen molar-refractivity contribution in [1.29, 1.82) is 0 Å². The summed E-state index contributed by atoms with van der Waals surface area (Å²) in [5, 5.41) is 11.3. The van der Waals surface area contributed by atoms with Crippen LogP contribution in [-0.2, 0) is 4.79 Å². The van der Waals surface area contributed by atoms with E-state index in [2.05, 4.69) is 34.6 Å². The van der Waals surface area contributed by atoms with Gasteiger partial charge in [0.2, 0.25) is 0 Å². The predicted molar refractivity (Wildman–Crippen MR) is 119 cm³/mol. The number of hydrogen-bond acceptors (Lipinski definition) is 2. The van der Waals surface area contributed by atoms with Gasteiger partial charge < -0.3 is 5.11 Å². The second-order valence-corrected chi connectivity index (χ2v) is 12.6. The fourth-order valence-corrected chi connectivity index (χ4v) is 9.04. The predicted octanol–water partition coefficient (Wildman–Crippen LogP) is 6.65. The van der Waals surface area contributed by atoms with Crippen LogP contribution < -0.4 is 0 Å². The van der Waals surface area contributed by atoms with E-state index in [4.69, 9.17) is 0 Å². The molecule has 4 saturated carbocycles. The summed E-state index contributed by atoms with van der Waals surface area (Å²) < 4.78 is 0.